The van der Waals surface area contributed by atoms with E-state index in [2.05, 4.69) is 4.72 Å². The molecule has 0 spiro atoms. The summed E-state index contributed by atoms with van der Waals surface area (Å²) in [6.45, 7) is 5.18. The van der Waals surface area contributed by atoms with Crippen molar-refractivity contribution >= 4 is 16.2 Å². The molecule has 2 N–H and O–H groups in total. The van der Waals surface area contributed by atoms with E-state index in [9.17, 15) is 13.2 Å². The lowest BCUT2D eigenvalue weighted by Crippen LogP contribution is -2.45. The molecule has 0 amide bonds. The Morgan fingerprint density at radius 2 is 1.88 bits per heavy atom. The molecule has 0 bridgehead atoms. The average molecular weight is 252 g/mol. The molecular weight excluding hydrogens is 232 g/mol. The van der Waals surface area contributed by atoms with Crippen LogP contribution in [0, 0.1) is 0 Å². The highest BCUT2D eigenvalue weighted by molar-refractivity contribution is 7.87. The lowest BCUT2D eigenvalue weighted by atomic mass is 10.2. The van der Waals surface area contributed by atoms with Crippen LogP contribution in [0.4, 0.5) is 0 Å². The Morgan fingerprint density at radius 3 is 2.25 bits per heavy atom. The quantitative estimate of drug-likeness (QED) is 0.687. The molecule has 6 nitrogen and oxygen atoms in total. The monoisotopic (exact) mass is 252 g/mol. The van der Waals surface area contributed by atoms with Crippen molar-refractivity contribution in [3.63, 3.8) is 0 Å². The summed E-state index contributed by atoms with van der Waals surface area (Å²) < 4.78 is 27.0. The number of carbonyl (C=O) groups is 1. The van der Waals surface area contributed by atoms with E-state index in [1.807, 2.05) is 0 Å². The summed E-state index contributed by atoms with van der Waals surface area (Å²) >= 11 is 0. The number of nitrogens with one attached hydrogen (secondary N) is 1. The van der Waals surface area contributed by atoms with Crippen molar-refractivity contribution in [1.82, 2.24) is 9.03 Å². The molecule has 0 saturated heterocycles. The average Bonchev–Trinajstić information content (AvgIpc) is 2.12. The fraction of sp³-hybridized carbons (Fsp3) is 0.889. The molecule has 0 saturated carbocycles. The van der Waals surface area contributed by atoms with Gasteiger partial charge in [-0.25, -0.2) is 0 Å². The topological polar surface area (TPSA) is 86.7 Å². The maximum atomic E-state index is 11.7. The molecule has 1 atom stereocenters. The Labute approximate surface area is 96.8 Å². The number of carboxylic acids is 1. The number of rotatable bonds is 7. The number of nitrogens with zero attached hydrogens (tertiary/aromatic N) is 1. The highest BCUT2D eigenvalue weighted by Gasteiger charge is 2.22. The van der Waals surface area contributed by atoms with Crippen molar-refractivity contribution in [3.8, 4) is 0 Å². The molecule has 0 aliphatic rings. The fourth-order valence-electron chi connectivity index (χ4n) is 1.01. The van der Waals surface area contributed by atoms with Gasteiger partial charge in [0.2, 0.25) is 0 Å². The molecule has 0 aromatic heterocycles. The van der Waals surface area contributed by atoms with E-state index in [0.717, 1.165) is 0 Å². The predicted molar refractivity (Wildman–Crippen MR) is 61.3 cm³/mol. The Hall–Kier alpha value is -0.660. The summed E-state index contributed by atoms with van der Waals surface area (Å²) in [7, 11) is -2.03. The first-order chi connectivity index (χ1) is 7.16. The van der Waals surface area contributed by atoms with Gasteiger partial charge in [0, 0.05) is 25.6 Å². The summed E-state index contributed by atoms with van der Waals surface area (Å²) in [5, 5.41) is 8.47. The zero-order chi connectivity index (χ0) is 12.9. The van der Waals surface area contributed by atoms with E-state index in [4.69, 9.17) is 5.11 Å². The number of hydrogen-bond donors (Lipinski definition) is 2. The smallest absolute Gasteiger partial charge is 0.303 e. The molecule has 0 fully saturated rings. The molecule has 1 unspecified atom stereocenters. The van der Waals surface area contributed by atoms with Gasteiger partial charge in [0.15, 0.2) is 0 Å². The second-order valence-corrected chi connectivity index (χ2v) is 5.83. The number of carboxylic acid groups (broad SMARTS) is 1. The van der Waals surface area contributed by atoms with Gasteiger partial charge in [-0.05, 0) is 27.2 Å². The molecule has 0 aliphatic heterocycles. The standard InChI is InChI=1S/C9H20N2O4S/c1-7(2)11(4)16(14,15)10-8(3)5-6-9(12)13/h7-8,10H,5-6H2,1-4H3,(H,12,13). The van der Waals surface area contributed by atoms with Gasteiger partial charge in [-0.3, -0.25) is 4.79 Å². The van der Waals surface area contributed by atoms with E-state index in [-0.39, 0.29) is 24.9 Å². The second-order valence-electron chi connectivity index (χ2n) is 4.07. The molecule has 16 heavy (non-hydrogen) atoms. The van der Waals surface area contributed by atoms with Crippen LogP contribution in [0.15, 0.2) is 0 Å². The Kier molecular flexibility index (Phi) is 5.91. The van der Waals surface area contributed by atoms with Crippen LogP contribution in [0.3, 0.4) is 0 Å². The third kappa shape index (κ3) is 5.43. The summed E-state index contributed by atoms with van der Waals surface area (Å²) in [5.74, 6) is -0.928. The van der Waals surface area contributed by atoms with Crippen LogP contribution < -0.4 is 4.72 Å². The third-order valence-electron chi connectivity index (χ3n) is 2.25. The minimum Gasteiger partial charge on any atom is -0.481 e. The zero-order valence-electron chi connectivity index (χ0n) is 10.1. The van der Waals surface area contributed by atoms with Gasteiger partial charge in [0.1, 0.15) is 0 Å². The van der Waals surface area contributed by atoms with Crippen LogP contribution in [0.2, 0.25) is 0 Å². The lowest BCUT2D eigenvalue weighted by Gasteiger charge is -2.23. The maximum Gasteiger partial charge on any atom is 0.303 e. The highest BCUT2D eigenvalue weighted by atomic mass is 32.2. The molecule has 0 heterocycles. The molecule has 0 aromatic carbocycles. The molecule has 96 valence electrons. The molecule has 0 rings (SSSR count). The molecule has 0 aliphatic carbocycles. The molecule has 0 aromatic rings. The van der Waals surface area contributed by atoms with Crippen molar-refractivity contribution in [2.75, 3.05) is 7.05 Å². The zero-order valence-corrected chi connectivity index (χ0v) is 10.9. The van der Waals surface area contributed by atoms with Gasteiger partial charge in [-0.2, -0.15) is 17.4 Å². The van der Waals surface area contributed by atoms with Gasteiger partial charge >= 0.3 is 5.97 Å². The first kappa shape index (κ1) is 15.3. The Morgan fingerprint density at radius 1 is 1.38 bits per heavy atom. The number of aliphatic carboxylic acids is 1. The van der Waals surface area contributed by atoms with Gasteiger partial charge < -0.3 is 5.11 Å². The Bertz CT molecular complexity index is 326. The number of hydrogen-bond acceptors (Lipinski definition) is 3. The van der Waals surface area contributed by atoms with Gasteiger partial charge in [0.05, 0.1) is 0 Å². The third-order valence-corrected chi connectivity index (χ3v) is 4.13. The van der Waals surface area contributed by atoms with Crippen LogP contribution in [0.1, 0.15) is 33.6 Å². The highest BCUT2D eigenvalue weighted by Crippen LogP contribution is 2.04. The summed E-state index contributed by atoms with van der Waals surface area (Å²) in [6, 6.07) is -0.522. The van der Waals surface area contributed by atoms with E-state index >= 15 is 0 Å². The predicted octanol–water partition coefficient (Wildman–Crippen LogP) is 0.414. The Balaban J connectivity index is 4.31. The second kappa shape index (κ2) is 6.17. The van der Waals surface area contributed by atoms with Crippen molar-refractivity contribution in [2.45, 2.75) is 45.7 Å². The van der Waals surface area contributed by atoms with Crippen LogP contribution in [-0.4, -0.2) is 42.9 Å². The van der Waals surface area contributed by atoms with Crippen LogP contribution in [0.25, 0.3) is 0 Å². The maximum absolute atomic E-state index is 11.7. The largest absolute Gasteiger partial charge is 0.481 e. The molecule has 0 radical (unpaired) electrons. The molecular formula is C9H20N2O4S. The van der Waals surface area contributed by atoms with Crippen molar-refractivity contribution < 1.29 is 18.3 Å². The van der Waals surface area contributed by atoms with E-state index in [1.54, 1.807) is 20.8 Å². The summed E-state index contributed by atoms with van der Waals surface area (Å²) in [6.07, 6.45) is 0.232. The van der Waals surface area contributed by atoms with Gasteiger partial charge in [0.25, 0.3) is 10.2 Å². The SMILES string of the molecule is CC(CCC(=O)O)NS(=O)(=O)N(C)C(C)C. The fourth-order valence-corrected chi connectivity index (χ4v) is 2.36. The summed E-state index contributed by atoms with van der Waals surface area (Å²) in [5.41, 5.74) is 0. The first-order valence-electron chi connectivity index (χ1n) is 5.14. The van der Waals surface area contributed by atoms with Crippen molar-refractivity contribution in [2.24, 2.45) is 0 Å². The first-order valence-corrected chi connectivity index (χ1v) is 6.58. The van der Waals surface area contributed by atoms with E-state index in [1.165, 1.54) is 11.4 Å². The van der Waals surface area contributed by atoms with Crippen LogP contribution >= 0.6 is 0 Å². The van der Waals surface area contributed by atoms with Crippen molar-refractivity contribution in [3.05, 3.63) is 0 Å². The minimum atomic E-state index is -3.52. The van der Waals surface area contributed by atoms with Crippen molar-refractivity contribution in [1.29, 1.82) is 0 Å². The van der Waals surface area contributed by atoms with E-state index in [0.29, 0.717) is 0 Å². The van der Waals surface area contributed by atoms with Crippen LogP contribution in [0.5, 0.6) is 0 Å². The van der Waals surface area contributed by atoms with Crippen LogP contribution in [-0.2, 0) is 15.0 Å². The molecule has 7 heteroatoms. The summed E-state index contributed by atoms with van der Waals surface area (Å²) in [4.78, 5) is 10.3. The van der Waals surface area contributed by atoms with Gasteiger partial charge in [-0.15, -0.1) is 0 Å². The lowest BCUT2D eigenvalue weighted by molar-refractivity contribution is -0.137. The van der Waals surface area contributed by atoms with Gasteiger partial charge in [-0.1, -0.05) is 0 Å². The normalized spacial score (nSPS) is 14.4. The van der Waals surface area contributed by atoms with E-state index < -0.39 is 16.2 Å². The minimum absolute atomic E-state index is 0.0465.